The van der Waals surface area contributed by atoms with Crippen LogP contribution in [0.3, 0.4) is 0 Å². The summed E-state index contributed by atoms with van der Waals surface area (Å²) in [4.78, 5) is 20.4. The lowest BCUT2D eigenvalue weighted by Gasteiger charge is -2.13. The fraction of sp³-hybridized carbons (Fsp3) is 0.333. The van der Waals surface area contributed by atoms with E-state index in [0.717, 1.165) is 5.52 Å². The fourth-order valence-corrected chi connectivity index (χ4v) is 2.58. The Kier molecular flexibility index (Phi) is 3.84. The third-order valence-corrected chi connectivity index (χ3v) is 3.99. The second-order valence-electron chi connectivity index (χ2n) is 4.22. The Morgan fingerprint density at radius 1 is 1.53 bits per heavy atom. The predicted molar refractivity (Wildman–Crippen MR) is 75.1 cm³/mol. The van der Waals surface area contributed by atoms with Gasteiger partial charge < -0.3 is 15.6 Å². The number of nitrogens with one attached hydrogen (secondary N) is 1. The Morgan fingerprint density at radius 2 is 2.26 bits per heavy atom. The average Bonchev–Trinajstić information content (AvgIpc) is 2.80. The number of anilines is 1. The quantitative estimate of drug-likeness (QED) is 0.808. The molecule has 0 saturated carbocycles. The van der Waals surface area contributed by atoms with Crippen molar-refractivity contribution in [3.05, 3.63) is 18.2 Å². The fourth-order valence-electron chi connectivity index (χ4n) is 1.58. The Bertz CT molecular complexity index is 638. The number of amides is 1. The number of aromatic nitrogens is 2. The van der Waals surface area contributed by atoms with Crippen LogP contribution in [0.25, 0.3) is 11.0 Å². The lowest BCUT2D eigenvalue weighted by Crippen LogP contribution is -2.30. The number of carbonyl (C=O) groups excluding carboxylic acids is 1. The second-order valence-corrected chi connectivity index (χ2v) is 5.58. The number of imidazole rings is 1. The number of nitrogens with zero attached hydrogens (tertiary/aromatic N) is 2. The van der Waals surface area contributed by atoms with Gasteiger partial charge in [-0.25, -0.2) is 4.98 Å². The van der Waals surface area contributed by atoms with E-state index in [1.165, 1.54) is 4.90 Å². The molecule has 7 heteroatoms. The lowest BCUT2D eigenvalue weighted by molar-refractivity contribution is -0.126. The monoisotopic (exact) mass is 280 g/mol. The van der Waals surface area contributed by atoms with E-state index in [9.17, 15) is 9.00 Å². The highest BCUT2D eigenvalue weighted by atomic mass is 32.2. The van der Waals surface area contributed by atoms with Gasteiger partial charge in [-0.3, -0.25) is 9.00 Å². The van der Waals surface area contributed by atoms with Crippen molar-refractivity contribution in [3.8, 4) is 0 Å². The largest absolute Gasteiger partial charge is 0.399 e. The molecule has 1 aromatic heterocycles. The number of nitrogen functional groups attached to an aromatic ring is 1. The summed E-state index contributed by atoms with van der Waals surface area (Å²) < 4.78 is 12.1. The van der Waals surface area contributed by atoms with Crippen LogP contribution in [0.4, 0.5) is 5.69 Å². The summed E-state index contributed by atoms with van der Waals surface area (Å²) in [5.74, 6) is -0.236. The Hall–Kier alpha value is -1.89. The molecule has 0 aliphatic carbocycles. The molecular formula is C12H16N4O2S. The van der Waals surface area contributed by atoms with Gasteiger partial charge in [0.2, 0.25) is 5.91 Å². The van der Waals surface area contributed by atoms with Crippen LogP contribution in [-0.2, 0) is 15.6 Å². The summed E-state index contributed by atoms with van der Waals surface area (Å²) in [5, 5.41) is 0.304. The molecule has 0 radical (unpaired) electrons. The summed E-state index contributed by atoms with van der Waals surface area (Å²) in [6, 6.07) is 5.21. The normalized spacial score (nSPS) is 12.5. The zero-order valence-corrected chi connectivity index (χ0v) is 11.7. The van der Waals surface area contributed by atoms with Crippen molar-refractivity contribution >= 4 is 33.4 Å². The van der Waals surface area contributed by atoms with Crippen LogP contribution in [0.2, 0.25) is 0 Å². The van der Waals surface area contributed by atoms with E-state index in [4.69, 9.17) is 5.73 Å². The molecule has 0 spiro atoms. The number of carbonyl (C=O) groups is 1. The van der Waals surface area contributed by atoms with E-state index < -0.39 is 10.8 Å². The first-order chi connectivity index (χ1) is 9.01. The number of fused-ring (bicyclic) bond motifs is 1. The molecule has 3 N–H and O–H groups in total. The molecule has 2 aromatic rings. The van der Waals surface area contributed by atoms with Gasteiger partial charge in [0.1, 0.15) is 5.75 Å². The maximum absolute atomic E-state index is 12.1. The highest BCUT2D eigenvalue weighted by Gasteiger charge is 2.16. The van der Waals surface area contributed by atoms with Crippen molar-refractivity contribution in [1.29, 1.82) is 0 Å². The molecule has 0 bridgehead atoms. The van der Waals surface area contributed by atoms with Crippen molar-refractivity contribution < 1.29 is 9.00 Å². The first kappa shape index (κ1) is 13.5. The number of rotatable bonds is 4. The first-order valence-electron chi connectivity index (χ1n) is 5.89. The van der Waals surface area contributed by atoms with E-state index in [1.54, 1.807) is 25.2 Å². The van der Waals surface area contributed by atoms with Gasteiger partial charge in [-0.05, 0) is 25.1 Å². The van der Waals surface area contributed by atoms with Crippen LogP contribution in [0.5, 0.6) is 0 Å². The maximum atomic E-state index is 12.1. The number of aromatic amines is 1. The van der Waals surface area contributed by atoms with E-state index >= 15 is 0 Å². The van der Waals surface area contributed by atoms with Gasteiger partial charge >= 0.3 is 0 Å². The summed E-state index contributed by atoms with van der Waals surface area (Å²) in [7, 11) is 0.206. The van der Waals surface area contributed by atoms with E-state index in [1.807, 2.05) is 6.92 Å². The molecule has 6 nitrogen and oxygen atoms in total. The van der Waals surface area contributed by atoms with E-state index in [0.29, 0.717) is 22.9 Å². The van der Waals surface area contributed by atoms with Crippen LogP contribution in [0.15, 0.2) is 23.4 Å². The maximum Gasteiger partial charge on any atom is 0.235 e. The Morgan fingerprint density at radius 3 is 2.95 bits per heavy atom. The van der Waals surface area contributed by atoms with Gasteiger partial charge in [-0.1, -0.05) is 0 Å². The molecule has 1 aromatic carbocycles. The van der Waals surface area contributed by atoms with Crippen molar-refractivity contribution in [1.82, 2.24) is 14.9 Å². The number of H-pyrrole nitrogens is 1. The van der Waals surface area contributed by atoms with Gasteiger partial charge in [0.25, 0.3) is 0 Å². The van der Waals surface area contributed by atoms with Gasteiger partial charge in [-0.2, -0.15) is 0 Å². The number of hydrogen-bond donors (Lipinski definition) is 2. The zero-order valence-electron chi connectivity index (χ0n) is 10.8. The smallest absolute Gasteiger partial charge is 0.235 e. The van der Waals surface area contributed by atoms with E-state index in [-0.39, 0.29) is 11.7 Å². The van der Waals surface area contributed by atoms with Gasteiger partial charge in [0.15, 0.2) is 5.16 Å². The zero-order chi connectivity index (χ0) is 14.0. The molecule has 102 valence electrons. The number of nitrogens with two attached hydrogens (primary N) is 1. The Balaban J connectivity index is 2.20. The van der Waals surface area contributed by atoms with Crippen molar-refractivity contribution in [2.24, 2.45) is 0 Å². The van der Waals surface area contributed by atoms with Crippen LogP contribution in [0.1, 0.15) is 6.92 Å². The molecule has 2 rings (SSSR count). The summed E-state index contributed by atoms with van der Waals surface area (Å²) in [5.41, 5.74) is 7.68. The third kappa shape index (κ3) is 2.93. The molecule has 1 unspecified atom stereocenters. The van der Waals surface area contributed by atoms with Crippen molar-refractivity contribution in [2.45, 2.75) is 12.1 Å². The second kappa shape index (κ2) is 5.40. The minimum atomic E-state index is -1.47. The molecule has 1 atom stereocenters. The molecule has 0 aliphatic rings. The predicted octanol–water partition coefficient (Wildman–Crippen LogP) is 0.731. The Labute approximate surface area is 113 Å². The molecule has 0 aliphatic heterocycles. The van der Waals surface area contributed by atoms with Crippen LogP contribution >= 0.6 is 0 Å². The molecule has 1 heterocycles. The van der Waals surface area contributed by atoms with Gasteiger partial charge in [-0.15, -0.1) is 0 Å². The summed E-state index contributed by atoms with van der Waals surface area (Å²) >= 11 is 0. The number of hydrogen-bond acceptors (Lipinski definition) is 4. The van der Waals surface area contributed by atoms with Crippen molar-refractivity contribution in [2.75, 3.05) is 25.1 Å². The SMILES string of the molecule is CCN(C)C(=O)CS(=O)c1nc2ccc(N)cc2[nH]1. The molecule has 0 fully saturated rings. The number of benzene rings is 1. The summed E-state index contributed by atoms with van der Waals surface area (Å²) in [6.07, 6.45) is 0. The van der Waals surface area contributed by atoms with Crippen LogP contribution in [0, 0.1) is 0 Å². The molecule has 0 saturated heterocycles. The summed E-state index contributed by atoms with van der Waals surface area (Å²) in [6.45, 7) is 2.46. The topological polar surface area (TPSA) is 92.1 Å². The van der Waals surface area contributed by atoms with Gasteiger partial charge in [0, 0.05) is 19.3 Å². The van der Waals surface area contributed by atoms with Crippen LogP contribution < -0.4 is 5.73 Å². The lowest BCUT2D eigenvalue weighted by atomic mass is 10.3. The minimum absolute atomic E-state index is 0.0698. The van der Waals surface area contributed by atoms with Gasteiger partial charge in [0.05, 0.1) is 21.8 Å². The molecular weight excluding hydrogens is 264 g/mol. The standard InChI is InChI=1S/C12H16N4O2S/c1-3-16(2)11(17)7-19(18)12-14-9-5-4-8(13)6-10(9)15-12/h4-6H,3,7,13H2,1-2H3,(H,14,15). The van der Waals surface area contributed by atoms with Crippen molar-refractivity contribution in [3.63, 3.8) is 0 Å². The van der Waals surface area contributed by atoms with Crippen LogP contribution in [-0.4, -0.2) is 44.3 Å². The first-order valence-corrected chi connectivity index (χ1v) is 7.20. The highest BCUT2D eigenvalue weighted by Crippen LogP contribution is 2.16. The van der Waals surface area contributed by atoms with E-state index in [2.05, 4.69) is 9.97 Å². The minimum Gasteiger partial charge on any atom is -0.399 e. The molecule has 1 amide bonds. The highest BCUT2D eigenvalue weighted by molar-refractivity contribution is 7.85. The molecule has 19 heavy (non-hydrogen) atoms. The average molecular weight is 280 g/mol. The third-order valence-electron chi connectivity index (χ3n) is 2.85.